The van der Waals surface area contributed by atoms with Crippen LogP contribution >= 0.6 is 0 Å². The van der Waals surface area contributed by atoms with Gasteiger partial charge in [0.15, 0.2) is 0 Å². The first kappa shape index (κ1) is 21.3. The molecule has 4 rings (SSSR count). The van der Waals surface area contributed by atoms with Crippen LogP contribution in [0.5, 0.6) is 5.75 Å². The third kappa shape index (κ3) is 5.59. The number of rotatable bonds is 7. The molecular formula is C24H24N6O2. The number of nitriles is 1. The summed E-state index contributed by atoms with van der Waals surface area (Å²) in [7, 11) is 0. The molecule has 3 N–H and O–H groups in total. The Balaban J connectivity index is 1.39. The Morgan fingerprint density at radius 2 is 1.84 bits per heavy atom. The highest BCUT2D eigenvalue weighted by molar-refractivity contribution is 5.94. The first-order valence-electron chi connectivity index (χ1n) is 10.5. The normalized spacial score (nSPS) is 13.7. The SMILES string of the molecule is N#CCNC(=O)c1ccc(-c2ccnc(Nc3ccc(OC4CCNCC4)cc3)n2)cc1. The van der Waals surface area contributed by atoms with Gasteiger partial charge in [0.05, 0.1) is 11.8 Å². The Morgan fingerprint density at radius 3 is 2.56 bits per heavy atom. The Hall–Kier alpha value is -3.96. The number of aromatic nitrogens is 2. The summed E-state index contributed by atoms with van der Waals surface area (Å²) >= 11 is 0. The summed E-state index contributed by atoms with van der Waals surface area (Å²) in [5.41, 5.74) is 2.95. The van der Waals surface area contributed by atoms with Gasteiger partial charge in [-0.25, -0.2) is 9.97 Å². The van der Waals surface area contributed by atoms with Crippen molar-refractivity contribution < 1.29 is 9.53 Å². The first-order valence-corrected chi connectivity index (χ1v) is 10.5. The van der Waals surface area contributed by atoms with Crippen molar-refractivity contribution in [3.8, 4) is 23.1 Å². The Morgan fingerprint density at radius 1 is 1.09 bits per heavy atom. The van der Waals surface area contributed by atoms with Crippen molar-refractivity contribution in [2.24, 2.45) is 0 Å². The Labute approximate surface area is 186 Å². The van der Waals surface area contributed by atoms with E-state index in [9.17, 15) is 4.79 Å². The zero-order valence-corrected chi connectivity index (χ0v) is 17.5. The number of carbonyl (C=O) groups excluding carboxylic acids is 1. The average molecular weight is 428 g/mol. The fraction of sp³-hybridized carbons (Fsp3) is 0.250. The minimum Gasteiger partial charge on any atom is -0.490 e. The van der Waals surface area contributed by atoms with Crippen LogP contribution in [0.25, 0.3) is 11.3 Å². The van der Waals surface area contributed by atoms with Gasteiger partial charge in [-0.05, 0) is 68.4 Å². The molecule has 0 bridgehead atoms. The monoisotopic (exact) mass is 428 g/mol. The maximum absolute atomic E-state index is 11.9. The number of anilines is 2. The van der Waals surface area contributed by atoms with Gasteiger partial charge < -0.3 is 20.7 Å². The fourth-order valence-corrected chi connectivity index (χ4v) is 3.45. The van der Waals surface area contributed by atoms with Crippen molar-refractivity contribution in [1.29, 1.82) is 5.26 Å². The number of nitrogens with one attached hydrogen (secondary N) is 3. The van der Waals surface area contributed by atoms with Gasteiger partial charge >= 0.3 is 0 Å². The zero-order valence-electron chi connectivity index (χ0n) is 17.5. The lowest BCUT2D eigenvalue weighted by molar-refractivity contribution is 0.0958. The molecule has 1 aliphatic heterocycles. The van der Waals surface area contributed by atoms with Crippen LogP contribution in [-0.2, 0) is 0 Å². The molecule has 0 radical (unpaired) electrons. The molecule has 1 aromatic heterocycles. The summed E-state index contributed by atoms with van der Waals surface area (Å²) in [5, 5.41) is 17.6. The second-order valence-electron chi connectivity index (χ2n) is 7.40. The lowest BCUT2D eigenvalue weighted by Gasteiger charge is -2.23. The minimum absolute atomic E-state index is 0.0211. The number of hydrogen-bond donors (Lipinski definition) is 3. The third-order valence-electron chi connectivity index (χ3n) is 5.13. The van der Waals surface area contributed by atoms with E-state index in [2.05, 4.69) is 25.9 Å². The lowest BCUT2D eigenvalue weighted by Crippen LogP contribution is -2.34. The van der Waals surface area contributed by atoms with Crippen molar-refractivity contribution in [1.82, 2.24) is 20.6 Å². The number of ether oxygens (including phenoxy) is 1. The molecule has 0 spiro atoms. The molecule has 2 aromatic carbocycles. The van der Waals surface area contributed by atoms with Crippen LogP contribution in [0.4, 0.5) is 11.6 Å². The van der Waals surface area contributed by atoms with Gasteiger partial charge in [0.25, 0.3) is 5.91 Å². The van der Waals surface area contributed by atoms with E-state index in [1.54, 1.807) is 18.3 Å². The van der Waals surface area contributed by atoms with E-state index in [4.69, 9.17) is 10.00 Å². The molecule has 2 heterocycles. The number of amides is 1. The summed E-state index contributed by atoms with van der Waals surface area (Å²) < 4.78 is 6.04. The molecule has 0 atom stereocenters. The van der Waals surface area contributed by atoms with Crippen LogP contribution in [0.1, 0.15) is 23.2 Å². The molecule has 1 fully saturated rings. The second-order valence-corrected chi connectivity index (χ2v) is 7.40. The van der Waals surface area contributed by atoms with Crippen molar-refractivity contribution in [3.63, 3.8) is 0 Å². The van der Waals surface area contributed by atoms with Crippen molar-refractivity contribution >= 4 is 17.5 Å². The van der Waals surface area contributed by atoms with Gasteiger partial charge in [0.1, 0.15) is 18.4 Å². The summed E-state index contributed by atoms with van der Waals surface area (Å²) in [4.78, 5) is 20.8. The topological polar surface area (TPSA) is 112 Å². The molecule has 1 saturated heterocycles. The van der Waals surface area contributed by atoms with E-state index < -0.39 is 0 Å². The molecule has 1 amide bonds. The third-order valence-corrected chi connectivity index (χ3v) is 5.13. The number of piperidine rings is 1. The minimum atomic E-state index is -0.282. The predicted molar refractivity (Wildman–Crippen MR) is 122 cm³/mol. The highest BCUT2D eigenvalue weighted by Crippen LogP contribution is 2.23. The Bertz CT molecular complexity index is 1090. The summed E-state index contributed by atoms with van der Waals surface area (Å²) in [6, 6.07) is 18.5. The van der Waals surface area contributed by atoms with Crippen molar-refractivity contribution in [2.75, 3.05) is 25.0 Å². The van der Waals surface area contributed by atoms with Crippen LogP contribution < -0.4 is 20.7 Å². The standard InChI is InChI=1S/C24H24N6O2/c25-12-16-27-23(31)18-3-1-17(2-4-18)22-11-15-28-24(30-22)29-19-5-7-20(8-6-19)32-21-9-13-26-14-10-21/h1-8,11,15,21,26H,9-10,13-14,16H2,(H,27,31)(H,28,29,30). The first-order chi connectivity index (χ1) is 15.7. The van der Waals surface area contributed by atoms with Crippen LogP contribution in [0.15, 0.2) is 60.8 Å². The highest BCUT2D eigenvalue weighted by atomic mass is 16.5. The number of benzene rings is 2. The summed E-state index contributed by atoms with van der Waals surface area (Å²) in [5.74, 6) is 1.05. The van der Waals surface area contributed by atoms with Gasteiger partial charge in [0.2, 0.25) is 5.95 Å². The highest BCUT2D eigenvalue weighted by Gasteiger charge is 2.14. The number of nitrogens with zero attached hydrogens (tertiary/aromatic N) is 3. The molecule has 8 heteroatoms. The van der Waals surface area contributed by atoms with Gasteiger partial charge in [-0.1, -0.05) is 12.1 Å². The summed E-state index contributed by atoms with van der Waals surface area (Å²) in [6.45, 7) is 1.97. The van der Waals surface area contributed by atoms with E-state index >= 15 is 0 Å². The molecule has 0 saturated carbocycles. The molecule has 0 aliphatic carbocycles. The van der Waals surface area contributed by atoms with Crippen LogP contribution in [0.3, 0.4) is 0 Å². The van der Waals surface area contributed by atoms with Crippen LogP contribution in [-0.4, -0.2) is 41.6 Å². The molecular weight excluding hydrogens is 404 g/mol. The van der Waals surface area contributed by atoms with E-state index in [0.29, 0.717) is 11.5 Å². The van der Waals surface area contributed by atoms with Crippen molar-refractivity contribution in [3.05, 3.63) is 66.4 Å². The van der Waals surface area contributed by atoms with E-state index in [1.165, 1.54) is 0 Å². The zero-order chi connectivity index (χ0) is 22.2. The van der Waals surface area contributed by atoms with Gasteiger partial charge in [-0.3, -0.25) is 4.79 Å². The number of hydrogen-bond acceptors (Lipinski definition) is 7. The van der Waals surface area contributed by atoms with Crippen molar-refractivity contribution in [2.45, 2.75) is 18.9 Å². The van der Waals surface area contributed by atoms with E-state index in [1.807, 2.05) is 48.5 Å². The largest absolute Gasteiger partial charge is 0.490 e. The summed E-state index contributed by atoms with van der Waals surface area (Å²) in [6.07, 6.45) is 3.99. The molecule has 162 valence electrons. The lowest BCUT2D eigenvalue weighted by atomic mass is 10.1. The average Bonchev–Trinajstić information content (AvgIpc) is 2.85. The quantitative estimate of drug-likeness (QED) is 0.495. The van der Waals surface area contributed by atoms with Crippen LogP contribution in [0, 0.1) is 11.3 Å². The van der Waals surface area contributed by atoms with Crippen LogP contribution in [0.2, 0.25) is 0 Å². The van der Waals surface area contributed by atoms with E-state index in [0.717, 1.165) is 48.6 Å². The van der Waals surface area contributed by atoms with E-state index in [-0.39, 0.29) is 18.6 Å². The maximum Gasteiger partial charge on any atom is 0.252 e. The molecule has 32 heavy (non-hydrogen) atoms. The molecule has 3 aromatic rings. The van der Waals surface area contributed by atoms with Gasteiger partial charge in [-0.15, -0.1) is 0 Å². The second kappa shape index (κ2) is 10.4. The number of carbonyl (C=O) groups is 1. The molecule has 1 aliphatic rings. The van der Waals surface area contributed by atoms with Gasteiger partial charge in [-0.2, -0.15) is 5.26 Å². The molecule has 0 unspecified atom stereocenters. The molecule has 8 nitrogen and oxygen atoms in total. The predicted octanol–water partition coefficient (Wildman–Crippen LogP) is 3.27. The Kier molecular flexibility index (Phi) is 6.90. The van der Waals surface area contributed by atoms with Gasteiger partial charge in [0, 0.05) is 23.0 Å². The fourth-order valence-electron chi connectivity index (χ4n) is 3.45. The maximum atomic E-state index is 11.9. The smallest absolute Gasteiger partial charge is 0.252 e.